The molecule has 5 heteroatoms. The summed E-state index contributed by atoms with van der Waals surface area (Å²) in [6.07, 6.45) is 1.81. The van der Waals surface area contributed by atoms with E-state index >= 15 is 0 Å². The molecule has 0 saturated carbocycles. The predicted octanol–water partition coefficient (Wildman–Crippen LogP) is 5.01. The molecular weight excluding hydrogens is 388 g/mol. The smallest absolute Gasteiger partial charge is 0.185 e. The van der Waals surface area contributed by atoms with E-state index in [2.05, 4.69) is 12.6 Å². The number of allylic oxidation sites excluding steroid dienone is 2. The number of nitrogens with zero attached hydrogens (tertiary/aromatic N) is 2. The molecule has 0 aliphatic carbocycles. The Balaban J connectivity index is 2.71. The van der Waals surface area contributed by atoms with Gasteiger partial charge in [-0.15, -0.1) is 0 Å². The number of aromatic hydroxyl groups is 1. The van der Waals surface area contributed by atoms with Crippen molar-refractivity contribution in [2.45, 2.75) is 33.1 Å². The minimum atomic E-state index is -0.572. The molecule has 0 amide bonds. The van der Waals surface area contributed by atoms with Crippen molar-refractivity contribution in [1.29, 1.82) is 10.5 Å². The van der Waals surface area contributed by atoms with Crippen molar-refractivity contribution in [2.24, 2.45) is 0 Å². The van der Waals surface area contributed by atoms with Crippen LogP contribution in [0.3, 0.4) is 0 Å². The third-order valence-electron chi connectivity index (χ3n) is 5.12. The van der Waals surface area contributed by atoms with Crippen molar-refractivity contribution in [3.8, 4) is 17.9 Å². The Morgan fingerprint density at radius 3 is 2.55 bits per heavy atom. The average Bonchev–Trinajstić information content (AvgIpc) is 2.76. The molecule has 31 heavy (non-hydrogen) atoms. The highest BCUT2D eigenvalue weighted by Gasteiger charge is 2.29. The normalized spacial score (nSPS) is 12.3. The number of ketones is 1. The van der Waals surface area contributed by atoms with Gasteiger partial charge in [-0.05, 0) is 55.7 Å². The van der Waals surface area contributed by atoms with Crippen LogP contribution >= 0.6 is 0 Å². The summed E-state index contributed by atoms with van der Waals surface area (Å²) in [5.41, 5.74) is 4.82. The molecule has 0 aliphatic heterocycles. The van der Waals surface area contributed by atoms with E-state index in [4.69, 9.17) is 10.00 Å². The Morgan fingerprint density at radius 2 is 1.94 bits per heavy atom. The molecule has 0 unspecified atom stereocenters. The number of hydrogen-bond acceptors (Lipinski definition) is 5. The fourth-order valence-electron chi connectivity index (χ4n) is 3.53. The number of carbonyl (C=O) groups is 1. The topological polar surface area (TPSA) is 94.1 Å². The quantitative estimate of drug-likeness (QED) is 0.353. The number of hydrogen-bond donors (Lipinski definition) is 1. The molecule has 2 aromatic rings. The van der Waals surface area contributed by atoms with Crippen LogP contribution in [0.5, 0.6) is 5.75 Å². The van der Waals surface area contributed by atoms with Gasteiger partial charge >= 0.3 is 0 Å². The lowest BCUT2D eigenvalue weighted by Gasteiger charge is -2.25. The number of rotatable bonds is 9. The Labute approximate surface area is 183 Å². The Morgan fingerprint density at radius 1 is 1.19 bits per heavy atom. The molecule has 2 rings (SSSR count). The van der Waals surface area contributed by atoms with Crippen molar-refractivity contribution >= 4 is 5.78 Å². The molecule has 0 spiro atoms. The zero-order valence-corrected chi connectivity index (χ0v) is 18.1. The van der Waals surface area contributed by atoms with Crippen LogP contribution in [-0.2, 0) is 9.53 Å². The van der Waals surface area contributed by atoms with E-state index in [1.54, 1.807) is 37.3 Å². The van der Waals surface area contributed by atoms with E-state index in [1.807, 2.05) is 32.0 Å². The van der Waals surface area contributed by atoms with Gasteiger partial charge in [-0.25, -0.2) is 0 Å². The van der Waals surface area contributed by atoms with Gasteiger partial charge in [-0.2, -0.15) is 10.5 Å². The summed E-state index contributed by atoms with van der Waals surface area (Å²) in [7, 11) is 0. The Hall–Kier alpha value is -3.67. The monoisotopic (exact) mass is 414 g/mol. The van der Waals surface area contributed by atoms with Gasteiger partial charge in [0.25, 0.3) is 0 Å². The molecule has 5 nitrogen and oxygen atoms in total. The van der Waals surface area contributed by atoms with Gasteiger partial charge in [-0.1, -0.05) is 36.4 Å². The molecule has 2 aromatic carbocycles. The molecule has 0 fully saturated rings. The second-order valence-electron chi connectivity index (χ2n) is 7.36. The fourth-order valence-corrected chi connectivity index (χ4v) is 3.53. The minimum absolute atomic E-state index is 0.0759. The van der Waals surface area contributed by atoms with Crippen molar-refractivity contribution in [3.63, 3.8) is 0 Å². The van der Waals surface area contributed by atoms with E-state index in [9.17, 15) is 15.2 Å². The van der Waals surface area contributed by atoms with Crippen LogP contribution in [0.2, 0.25) is 0 Å². The largest absolute Gasteiger partial charge is 0.508 e. The summed E-state index contributed by atoms with van der Waals surface area (Å²) in [6.45, 7) is 9.42. The maximum atomic E-state index is 13.3. The first kappa shape index (κ1) is 23.6. The Kier molecular flexibility index (Phi) is 8.32. The van der Waals surface area contributed by atoms with Crippen molar-refractivity contribution in [2.75, 3.05) is 13.2 Å². The standard InChI is InChI=1S/C26H26N2O3/c1-5-18(3)25(24(30)16-31-12-6-11-27)26(22-13-17(2)7-10-23(22)29)21-9-8-20(15-28)14-19(21)4/h5,7-10,13-14,26,29H,1,6,12,16H2,2-4H3/b25-18-/t26-/m1/s1. The van der Waals surface area contributed by atoms with Gasteiger partial charge < -0.3 is 9.84 Å². The highest BCUT2D eigenvalue weighted by Crippen LogP contribution is 2.40. The van der Waals surface area contributed by atoms with Crippen LogP contribution in [0.4, 0.5) is 0 Å². The Bertz CT molecular complexity index is 1100. The van der Waals surface area contributed by atoms with Gasteiger partial charge in [0.2, 0.25) is 0 Å². The van der Waals surface area contributed by atoms with Crippen LogP contribution < -0.4 is 0 Å². The van der Waals surface area contributed by atoms with E-state index in [0.717, 1.165) is 16.7 Å². The van der Waals surface area contributed by atoms with Crippen LogP contribution in [0, 0.1) is 36.5 Å². The maximum absolute atomic E-state index is 13.3. The van der Waals surface area contributed by atoms with Crippen LogP contribution in [0.15, 0.2) is 60.2 Å². The minimum Gasteiger partial charge on any atom is -0.508 e. The van der Waals surface area contributed by atoms with E-state index in [1.165, 1.54) is 0 Å². The molecule has 0 heterocycles. The lowest BCUT2D eigenvalue weighted by molar-refractivity contribution is -0.120. The summed E-state index contributed by atoms with van der Waals surface area (Å²) in [5, 5.41) is 28.7. The van der Waals surface area contributed by atoms with Crippen LogP contribution in [0.25, 0.3) is 0 Å². The van der Waals surface area contributed by atoms with Gasteiger partial charge in [0.1, 0.15) is 12.4 Å². The van der Waals surface area contributed by atoms with Crippen molar-refractivity contribution in [1.82, 2.24) is 0 Å². The second-order valence-corrected chi connectivity index (χ2v) is 7.36. The molecule has 0 radical (unpaired) electrons. The van der Waals surface area contributed by atoms with Gasteiger partial charge in [0.15, 0.2) is 5.78 Å². The van der Waals surface area contributed by atoms with Gasteiger partial charge in [0, 0.05) is 17.1 Å². The molecule has 1 atom stereocenters. The zero-order chi connectivity index (χ0) is 23.0. The first-order valence-electron chi connectivity index (χ1n) is 9.95. The van der Waals surface area contributed by atoms with Crippen LogP contribution in [-0.4, -0.2) is 24.1 Å². The highest BCUT2D eigenvalue weighted by molar-refractivity contribution is 6.00. The SMILES string of the molecule is C=C/C(C)=C(/C(=O)COCCC#N)[C@H](c1ccc(C#N)cc1C)c1cc(C)ccc1O. The van der Waals surface area contributed by atoms with Crippen molar-refractivity contribution < 1.29 is 14.6 Å². The van der Waals surface area contributed by atoms with Gasteiger partial charge in [-0.3, -0.25) is 4.79 Å². The van der Waals surface area contributed by atoms with E-state index in [0.29, 0.717) is 22.3 Å². The third-order valence-corrected chi connectivity index (χ3v) is 5.12. The van der Waals surface area contributed by atoms with E-state index < -0.39 is 5.92 Å². The second kappa shape index (κ2) is 10.9. The summed E-state index contributed by atoms with van der Waals surface area (Å²) in [4.78, 5) is 13.3. The summed E-state index contributed by atoms with van der Waals surface area (Å²) in [6, 6.07) is 14.7. The molecule has 0 aromatic heterocycles. The molecule has 158 valence electrons. The summed E-state index contributed by atoms with van der Waals surface area (Å²) >= 11 is 0. The van der Waals surface area contributed by atoms with Crippen molar-refractivity contribution in [3.05, 3.63) is 88.0 Å². The highest BCUT2D eigenvalue weighted by atomic mass is 16.5. The van der Waals surface area contributed by atoms with Crippen LogP contribution in [0.1, 0.15) is 47.1 Å². The first-order chi connectivity index (χ1) is 14.8. The number of ether oxygens (including phenoxy) is 1. The molecule has 0 aliphatic rings. The number of Topliss-reactive ketones (excluding diaryl/α,β-unsaturated/α-hetero) is 1. The van der Waals surface area contributed by atoms with Gasteiger partial charge in [0.05, 0.1) is 30.7 Å². The number of nitriles is 2. The first-order valence-corrected chi connectivity index (χ1v) is 9.95. The lowest BCUT2D eigenvalue weighted by Crippen LogP contribution is -2.20. The zero-order valence-electron chi connectivity index (χ0n) is 18.1. The maximum Gasteiger partial charge on any atom is 0.185 e. The predicted molar refractivity (Wildman–Crippen MR) is 120 cm³/mol. The molecular formula is C26H26N2O3. The fraction of sp³-hybridized carbons (Fsp3) is 0.269. The average molecular weight is 415 g/mol. The number of benzene rings is 2. The van der Waals surface area contributed by atoms with E-state index in [-0.39, 0.29) is 31.2 Å². The summed E-state index contributed by atoms with van der Waals surface area (Å²) in [5.74, 6) is -0.741. The summed E-state index contributed by atoms with van der Waals surface area (Å²) < 4.78 is 5.41. The molecule has 0 bridgehead atoms. The third kappa shape index (κ3) is 5.69. The number of phenols is 1. The number of phenolic OH excluding ortho intramolecular Hbond substituents is 1. The number of aryl methyl sites for hydroxylation is 2. The number of carbonyl (C=O) groups excluding carboxylic acids is 1. The lowest BCUT2D eigenvalue weighted by atomic mass is 9.78. The molecule has 0 saturated heterocycles. The molecule has 1 N–H and O–H groups in total.